The molecule has 0 saturated carbocycles. The van der Waals surface area contributed by atoms with Gasteiger partial charge in [0.2, 0.25) is 0 Å². The monoisotopic (exact) mass is 249 g/mol. The Morgan fingerprint density at radius 1 is 1.39 bits per heavy atom. The number of hydrogen-bond donors (Lipinski definition) is 1. The fourth-order valence-electron chi connectivity index (χ4n) is 1.69. The Labute approximate surface area is 109 Å². The molecule has 1 aromatic rings. The van der Waals surface area contributed by atoms with Gasteiger partial charge >= 0.3 is 0 Å². The van der Waals surface area contributed by atoms with Crippen LogP contribution in [0.4, 0.5) is 0 Å². The van der Waals surface area contributed by atoms with Crippen LogP contribution in [-0.4, -0.2) is 17.4 Å². The minimum atomic E-state index is 0.405. The van der Waals surface area contributed by atoms with Crippen molar-refractivity contribution >= 4 is 5.84 Å². The second-order valence-corrected chi connectivity index (χ2v) is 4.42. The minimum absolute atomic E-state index is 0.405. The maximum Gasteiger partial charge on any atom is 0.170 e. The van der Waals surface area contributed by atoms with Gasteiger partial charge in [-0.3, -0.25) is 4.98 Å². The van der Waals surface area contributed by atoms with Gasteiger partial charge in [-0.2, -0.15) is 0 Å². The third-order valence-electron chi connectivity index (χ3n) is 2.99. The van der Waals surface area contributed by atoms with E-state index in [9.17, 15) is 0 Å². The summed E-state index contributed by atoms with van der Waals surface area (Å²) in [4.78, 5) is 9.27. The van der Waals surface area contributed by atoms with Gasteiger partial charge in [0.05, 0.1) is 0 Å². The highest BCUT2D eigenvalue weighted by Crippen LogP contribution is 2.12. The average Bonchev–Trinajstić information content (AvgIpc) is 2.43. The molecule has 4 heteroatoms. The lowest BCUT2D eigenvalue weighted by molar-refractivity contribution is 0.101. The molecule has 1 atom stereocenters. The van der Waals surface area contributed by atoms with Crippen molar-refractivity contribution in [1.82, 2.24) is 4.98 Å². The maximum atomic E-state index is 5.82. The summed E-state index contributed by atoms with van der Waals surface area (Å²) in [5.74, 6) is 0.974. The first-order valence-corrected chi connectivity index (χ1v) is 6.63. The van der Waals surface area contributed by atoms with E-state index in [1.54, 1.807) is 12.4 Å². The highest BCUT2D eigenvalue weighted by atomic mass is 16.6. The summed E-state index contributed by atoms with van der Waals surface area (Å²) < 4.78 is 0. The first kappa shape index (κ1) is 14.5. The van der Waals surface area contributed by atoms with E-state index in [0.717, 1.165) is 12.0 Å². The first-order valence-electron chi connectivity index (χ1n) is 6.63. The summed E-state index contributed by atoms with van der Waals surface area (Å²) in [5, 5.41) is 3.96. The van der Waals surface area contributed by atoms with Gasteiger partial charge in [0.25, 0.3) is 0 Å². The molecular formula is C14H23N3O. The second kappa shape index (κ2) is 8.50. The SMILES string of the molecule is CCCCC(CC)CO/N=C(\N)c1ccncc1. The van der Waals surface area contributed by atoms with Gasteiger partial charge in [0.15, 0.2) is 5.84 Å². The maximum absolute atomic E-state index is 5.82. The largest absolute Gasteiger partial charge is 0.394 e. The van der Waals surface area contributed by atoms with Gasteiger partial charge < -0.3 is 10.6 Å². The zero-order valence-corrected chi connectivity index (χ0v) is 11.3. The van der Waals surface area contributed by atoms with Crippen LogP contribution >= 0.6 is 0 Å². The van der Waals surface area contributed by atoms with Crippen LogP contribution in [-0.2, 0) is 4.84 Å². The lowest BCUT2D eigenvalue weighted by Crippen LogP contribution is -2.15. The summed E-state index contributed by atoms with van der Waals surface area (Å²) in [6, 6.07) is 3.63. The molecule has 1 aromatic heterocycles. The Hall–Kier alpha value is -1.58. The van der Waals surface area contributed by atoms with Gasteiger partial charge in [-0.1, -0.05) is 31.8 Å². The Bertz CT molecular complexity index is 351. The number of hydrogen-bond acceptors (Lipinski definition) is 3. The predicted octanol–water partition coefficient (Wildman–Crippen LogP) is 2.93. The fraction of sp³-hybridized carbons (Fsp3) is 0.571. The Balaban J connectivity index is 2.39. The molecule has 0 saturated heterocycles. The number of oxime groups is 1. The molecule has 0 amide bonds. The lowest BCUT2D eigenvalue weighted by Gasteiger charge is -2.12. The van der Waals surface area contributed by atoms with Crippen molar-refractivity contribution in [2.75, 3.05) is 6.61 Å². The Morgan fingerprint density at radius 2 is 2.11 bits per heavy atom. The highest BCUT2D eigenvalue weighted by molar-refractivity contribution is 5.96. The summed E-state index contributed by atoms with van der Waals surface area (Å²) >= 11 is 0. The topological polar surface area (TPSA) is 60.5 Å². The van der Waals surface area contributed by atoms with Crippen LogP contribution in [0.3, 0.4) is 0 Å². The third-order valence-corrected chi connectivity index (χ3v) is 2.99. The zero-order chi connectivity index (χ0) is 13.2. The highest BCUT2D eigenvalue weighted by Gasteiger charge is 2.06. The first-order chi connectivity index (χ1) is 8.77. The van der Waals surface area contributed by atoms with Gasteiger partial charge in [-0.05, 0) is 30.9 Å². The summed E-state index contributed by atoms with van der Waals surface area (Å²) in [7, 11) is 0. The van der Waals surface area contributed by atoms with Crippen molar-refractivity contribution in [3.63, 3.8) is 0 Å². The van der Waals surface area contributed by atoms with Crippen molar-refractivity contribution in [3.05, 3.63) is 30.1 Å². The normalized spacial score (nSPS) is 13.3. The fourth-order valence-corrected chi connectivity index (χ4v) is 1.69. The van der Waals surface area contributed by atoms with E-state index >= 15 is 0 Å². The summed E-state index contributed by atoms with van der Waals surface area (Å²) in [6.07, 6.45) is 8.15. The molecule has 1 unspecified atom stereocenters. The van der Waals surface area contributed by atoms with Crippen LogP contribution in [0.1, 0.15) is 45.1 Å². The van der Waals surface area contributed by atoms with Crippen molar-refractivity contribution in [1.29, 1.82) is 0 Å². The van der Waals surface area contributed by atoms with E-state index in [0.29, 0.717) is 18.4 Å². The molecule has 18 heavy (non-hydrogen) atoms. The summed E-state index contributed by atoms with van der Waals surface area (Å²) in [5.41, 5.74) is 6.66. The molecule has 100 valence electrons. The quantitative estimate of drug-likeness (QED) is 0.438. The van der Waals surface area contributed by atoms with Gasteiger partial charge in [0.1, 0.15) is 6.61 Å². The number of unbranched alkanes of at least 4 members (excludes halogenated alkanes) is 1. The van der Waals surface area contributed by atoms with E-state index < -0.39 is 0 Å². The van der Waals surface area contributed by atoms with Crippen LogP contribution in [0.5, 0.6) is 0 Å². The van der Waals surface area contributed by atoms with Crippen molar-refractivity contribution in [3.8, 4) is 0 Å². The number of nitrogens with two attached hydrogens (primary N) is 1. The van der Waals surface area contributed by atoms with E-state index in [-0.39, 0.29) is 0 Å². The standard InChI is InChI=1S/C14H23N3O/c1-3-5-6-12(4-2)11-18-17-14(15)13-7-9-16-10-8-13/h7-10,12H,3-6,11H2,1-2H3,(H2,15,17). The number of pyridine rings is 1. The second-order valence-electron chi connectivity index (χ2n) is 4.42. The van der Waals surface area contributed by atoms with Crippen molar-refractivity contribution in [2.45, 2.75) is 39.5 Å². The van der Waals surface area contributed by atoms with Gasteiger partial charge in [0, 0.05) is 18.0 Å². The minimum Gasteiger partial charge on any atom is -0.394 e. The molecule has 4 nitrogen and oxygen atoms in total. The summed E-state index contributed by atoms with van der Waals surface area (Å²) in [6.45, 7) is 5.02. The molecular weight excluding hydrogens is 226 g/mol. The Kier molecular flexibility index (Phi) is 6.84. The predicted molar refractivity (Wildman–Crippen MR) is 74.2 cm³/mol. The van der Waals surface area contributed by atoms with Crippen LogP contribution in [0, 0.1) is 5.92 Å². The zero-order valence-electron chi connectivity index (χ0n) is 11.3. The number of amidine groups is 1. The number of aromatic nitrogens is 1. The van der Waals surface area contributed by atoms with E-state index in [1.165, 1.54) is 19.3 Å². The van der Waals surface area contributed by atoms with Gasteiger partial charge in [-0.15, -0.1) is 0 Å². The van der Waals surface area contributed by atoms with Crippen molar-refractivity contribution < 1.29 is 4.84 Å². The molecule has 0 fully saturated rings. The van der Waals surface area contributed by atoms with E-state index in [4.69, 9.17) is 10.6 Å². The molecule has 2 N–H and O–H groups in total. The molecule has 0 spiro atoms. The van der Waals surface area contributed by atoms with Crippen LogP contribution in [0.2, 0.25) is 0 Å². The van der Waals surface area contributed by atoms with Gasteiger partial charge in [-0.25, -0.2) is 0 Å². The molecule has 0 radical (unpaired) electrons. The molecule has 1 heterocycles. The van der Waals surface area contributed by atoms with E-state index in [2.05, 4.69) is 24.0 Å². The lowest BCUT2D eigenvalue weighted by atomic mass is 10.0. The third kappa shape index (κ3) is 5.17. The molecule has 0 aliphatic carbocycles. The van der Waals surface area contributed by atoms with Crippen LogP contribution < -0.4 is 5.73 Å². The molecule has 0 bridgehead atoms. The molecule has 0 aliphatic heterocycles. The van der Waals surface area contributed by atoms with Crippen molar-refractivity contribution in [2.24, 2.45) is 16.8 Å². The molecule has 0 aromatic carbocycles. The Morgan fingerprint density at radius 3 is 2.72 bits per heavy atom. The van der Waals surface area contributed by atoms with Crippen LogP contribution in [0.25, 0.3) is 0 Å². The smallest absolute Gasteiger partial charge is 0.170 e. The molecule has 1 rings (SSSR count). The van der Waals surface area contributed by atoms with Crippen LogP contribution in [0.15, 0.2) is 29.7 Å². The molecule has 0 aliphatic rings. The number of nitrogens with zero attached hydrogens (tertiary/aromatic N) is 2. The number of rotatable bonds is 8. The van der Waals surface area contributed by atoms with E-state index in [1.807, 2.05) is 12.1 Å². The average molecular weight is 249 g/mol.